The Morgan fingerprint density at radius 3 is 2.60 bits per heavy atom. The molecule has 8 heteroatoms. The monoisotopic (exact) mass is 215 g/mol. The summed E-state index contributed by atoms with van der Waals surface area (Å²) in [7, 11) is 0. The SMILES string of the molecule is N#Cc1cc([N+](=O)[O-])c(C(F)F)[nH]c1=O. The van der Waals surface area contributed by atoms with Crippen molar-refractivity contribution in [1.29, 1.82) is 5.26 Å². The molecule has 1 heterocycles. The molecule has 1 aromatic rings. The van der Waals surface area contributed by atoms with Crippen LogP contribution in [0.3, 0.4) is 0 Å². The first-order valence-corrected chi connectivity index (χ1v) is 3.57. The lowest BCUT2D eigenvalue weighted by Gasteiger charge is -2.00. The third-order valence-electron chi connectivity index (χ3n) is 1.59. The summed E-state index contributed by atoms with van der Waals surface area (Å²) in [6.45, 7) is 0. The fourth-order valence-electron chi connectivity index (χ4n) is 0.934. The van der Waals surface area contributed by atoms with Gasteiger partial charge < -0.3 is 4.98 Å². The third-order valence-corrected chi connectivity index (χ3v) is 1.59. The van der Waals surface area contributed by atoms with E-state index in [9.17, 15) is 23.7 Å². The highest BCUT2D eigenvalue weighted by Gasteiger charge is 2.24. The van der Waals surface area contributed by atoms with Gasteiger partial charge in [-0.15, -0.1) is 0 Å². The van der Waals surface area contributed by atoms with Gasteiger partial charge in [-0.3, -0.25) is 14.9 Å². The van der Waals surface area contributed by atoms with Gasteiger partial charge in [0.05, 0.1) is 4.92 Å². The van der Waals surface area contributed by atoms with Gasteiger partial charge in [-0.25, -0.2) is 8.78 Å². The van der Waals surface area contributed by atoms with Crippen molar-refractivity contribution in [2.24, 2.45) is 0 Å². The van der Waals surface area contributed by atoms with E-state index in [0.717, 1.165) is 0 Å². The van der Waals surface area contributed by atoms with Crippen molar-refractivity contribution >= 4 is 5.69 Å². The summed E-state index contributed by atoms with van der Waals surface area (Å²) >= 11 is 0. The Morgan fingerprint density at radius 2 is 2.20 bits per heavy atom. The molecule has 0 aromatic carbocycles. The molecule has 15 heavy (non-hydrogen) atoms. The standard InChI is InChI=1S/C7H3F2N3O3/c8-6(9)5-4(12(14)15)1-3(2-10)7(13)11-5/h1,6H,(H,11,13). The lowest BCUT2D eigenvalue weighted by Crippen LogP contribution is -2.14. The predicted octanol–water partition coefficient (Wildman–Crippen LogP) is 1.09. The largest absolute Gasteiger partial charge is 0.314 e. The highest BCUT2D eigenvalue weighted by atomic mass is 19.3. The van der Waals surface area contributed by atoms with E-state index in [0.29, 0.717) is 6.07 Å². The van der Waals surface area contributed by atoms with Crippen LogP contribution in [-0.4, -0.2) is 9.91 Å². The number of rotatable bonds is 2. The summed E-state index contributed by atoms with van der Waals surface area (Å²) in [5.41, 5.74) is -3.71. The van der Waals surface area contributed by atoms with Crippen molar-refractivity contribution < 1.29 is 13.7 Å². The van der Waals surface area contributed by atoms with Crippen LogP contribution in [-0.2, 0) is 0 Å². The normalized spacial score (nSPS) is 10.0. The van der Waals surface area contributed by atoms with Gasteiger partial charge in [0.25, 0.3) is 17.7 Å². The van der Waals surface area contributed by atoms with Gasteiger partial charge in [-0.2, -0.15) is 5.26 Å². The highest BCUT2D eigenvalue weighted by Crippen LogP contribution is 2.25. The number of alkyl halides is 2. The maximum absolute atomic E-state index is 12.2. The molecule has 0 amide bonds. The van der Waals surface area contributed by atoms with E-state index in [2.05, 4.69) is 0 Å². The molecule has 0 aliphatic carbocycles. The van der Waals surface area contributed by atoms with Crippen LogP contribution < -0.4 is 5.56 Å². The van der Waals surface area contributed by atoms with E-state index < -0.39 is 33.9 Å². The molecule has 78 valence electrons. The summed E-state index contributed by atoms with van der Waals surface area (Å²) in [4.78, 5) is 21.8. The number of aromatic amines is 1. The van der Waals surface area contributed by atoms with E-state index in [1.165, 1.54) is 6.07 Å². The number of pyridine rings is 1. The summed E-state index contributed by atoms with van der Waals surface area (Å²) < 4.78 is 24.5. The zero-order chi connectivity index (χ0) is 11.6. The van der Waals surface area contributed by atoms with Crippen molar-refractivity contribution in [2.75, 3.05) is 0 Å². The molecular weight excluding hydrogens is 212 g/mol. The van der Waals surface area contributed by atoms with Gasteiger partial charge in [0.1, 0.15) is 11.6 Å². The van der Waals surface area contributed by atoms with E-state index in [4.69, 9.17) is 5.26 Å². The summed E-state index contributed by atoms with van der Waals surface area (Å²) in [5.74, 6) is 0. The molecule has 0 saturated heterocycles. The Hall–Kier alpha value is -2.30. The van der Waals surface area contributed by atoms with Gasteiger partial charge in [0.15, 0.2) is 5.69 Å². The molecule has 0 aliphatic heterocycles. The Balaban J connectivity index is 3.55. The molecule has 1 rings (SSSR count). The quantitative estimate of drug-likeness (QED) is 0.589. The van der Waals surface area contributed by atoms with Crippen molar-refractivity contribution in [3.63, 3.8) is 0 Å². The van der Waals surface area contributed by atoms with Crippen LogP contribution in [0.1, 0.15) is 17.7 Å². The van der Waals surface area contributed by atoms with Crippen molar-refractivity contribution in [3.05, 3.63) is 37.8 Å². The van der Waals surface area contributed by atoms with Gasteiger partial charge in [0, 0.05) is 6.07 Å². The fraction of sp³-hybridized carbons (Fsp3) is 0.143. The van der Waals surface area contributed by atoms with Crippen LogP contribution in [0, 0.1) is 21.4 Å². The van der Waals surface area contributed by atoms with Gasteiger partial charge in [-0.1, -0.05) is 0 Å². The smallest absolute Gasteiger partial charge is 0.296 e. The molecule has 0 saturated carbocycles. The minimum atomic E-state index is -3.18. The van der Waals surface area contributed by atoms with Crippen LogP contribution >= 0.6 is 0 Å². The molecular formula is C7H3F2N3O3. The van der Waals surface area contributed by atoms with E-state index in [1.807, 2.05) is 0 Å². The van der Waals surface area contributed by atoms with Gasteiger partial charge >= 0.3 is 0 Å². The summed E-state index contributed by atoms with van der Waals surface area (Å²) in [5, 5.41) is 18.7. The topological polar surface area (TPSA) is 99.8 Å². The highest BCUT2D eigenvalue weighted by molar-refractivity contribution is 5.43. The number of nitro groups is 1. The second-order valence-corrected chi connectivity index (χ2v) is 2.48. The molecule has 1 aromatic heterocycles. The Morgan fingerprint density at radius 1 is 1.60 bits per heavy atom. The molecule has 0 unspecified atom stereocenters. The lowest BCUT2D eigenvalue weighted by atomic mass is 10.2. The number of nitrogens with zero attached hydrogens (tertiary/aromatic N) is 2. The lowest BCUT2D eigenvalue weighted by molar-refractivity contribution is -0.386. The van der Waals surface area contributed by atoms with Crippen molar-refractivity contribution in [1.82, 2.24) is 4.98 Å². The van der Waals surface area contributed by atoms with E-state index in [1.54, 1.807) is 4.98 Å². The fourth-order valence-corrected chi connectivity index (χ4v) is 0.934. The summed E-state index contributed by atoms with van der Waals surface area (Å²) in [6.07, 6.45) is -3.18. The maximum Gasteiger partial charge on any atom is 0.296 e. The maximum atomic E-state index is 12.2. The second-order valence-electron chi connectivity index (χ2n) is 2.48. The average Bonchev–Trinajstić information content (AvgIpc) is 2.16. The number of hydrogen-bond donors (Lipinski definition) is 1. The minimum absolute atomic E-state index is 0.528. The Kier molecular flexibility index (Phi) is 2.75. The molecule has 0 radical (unpaired) electrons. The Bertz CT molecular complexity index is 503. The molecule has 0 fully saturated rings. The van der Waals surface area contributed by atoms with E-state index >= 15 is 0 Å². The van der Waals surface area contributed by atoms with Crippen molar-refractivity contribution in [2.45, 2.75) is 6.43 Å². The number of nitrogens with one attached hydrogen (secondary N) is 1. The van der Waals surface area contributed by atoms with Gasteiger partial charge in [0.2, 0.25) is 0 Å². The van der Waals surface area contributed by atoms with E-state index in [-0.39, 0.29) is 0 Å². The predicted molar refractivity (Wildman–Crippen MR) is 43.4 cm³/mol. The first-order chi connectivity index (χ1) is 6.97. The number of nitriles is 1. The number of halogens is 2. The summed E-state index contributed by atoms with van der Waals surface area (Å²) in [6, 6.07) is 1.89. The van der Waals surface area contributed by atoms with Crippen LogP contribution in [0.25, 0.3) is 0 Å². The molecule has 6 nitrogen and oxygen atoms in total. The molecule has 0 bridgehead atoms. The number of aromatic nitrogens is 1. The molecule has 0 spiro atoms. The molecule has 0 atom stereocenters. The third kappa shape index (κ3) is 1.96. The molecule has 1 N–H and O–H groups in total. The van der Waals surface area contributed by atoms with Gasteiger partial charge in [-0.05, 0) is 0 Å². The second kappa shape index (κ2) is 3.83. The van der Waals surface area contributed by atoms with Crippen LogP contribution in [0.15, 0.2) is 10.9 Å². The zero-order valence-electron chi connectivity index (χ0n) is 7.03. The minimum Gasteiger partial charge on any atom is -0.314 e. The number of hydrogen-bond acceptors (Lipinski definition) is 4. The zero-order valence-corrected chi connectivity index (χ0v) is 7.03. The average molecular weight is 215 g/mol. The molecule has 0 aliphatic rings. The van der Waals surface area contributed by atoms with Crippen LogP contribution in [0.5, 0.6) is 0 Å². The van der Waals surface area contributed by atoms with Crippen molar-refractivity contribution in [3.8, 4) is 6.07 Å². The first kappa shape index (κ1) is 10.8. The van der Waals surface area contributed by atoms with Crippen LogP contribution in [0.2, 0.25) is 0 Å². The Labute approximate surface area is 80.9 Å². The number of H-pyrrole nitrogens is 1. The van der Waals surface area contributed by atoms with Crippen LogP contribution in [0.4, 0.5) is 14.5 Å². The first-order valence-electron chi connectivity index (χ1n) is 3.57.